The highest BCUT2D eigenvalue weighted by Crippen LogP contribution is 2.33. The average Bonchev–Trinajstić information content (AvgIpc) is 3.15. The Morgan fingerprint density at radius 3 is 2.73 bits per heavy atom. The lowest BCUT2D eigenvalue weighted by molar-refractivity contribution is -0.132. The molecule has 0 saturated carbocycles. The van der Waals surface area contributed by atoms with Gasteiger partial charge in [-0.3, -0.25) is 9.48 Å². The van der Waals surface area contributed by atoms with Crippen molar-refractivity contribution in [2.45, 2.75) is 37.6 Å². The standard InChI is InChI=1S/C19H24ClFN4O/c1-18(2,16-14(20)5-3-6-15(16)21)13-23-17(26)19(7-10-22-11-8-19)25-12-4-9-24-25/h3-6,9,12,22H,7-8,10-11,13H2,1-2H3,(H,23,26). The number of hydrogen-bond donors (Lipinski definition) is 2. The molecule has 1 aliphatic rings. The van der Waals surface area contributed by atoms with Crippen LogP contribution in [0.1, 0.15) is 32.3 Å². The molecule has 1 aromatic carbocycles. The normalized spacial score (nSPS) is 17.1. The number of halogens is 2. The summed E-state index contributed by atoms with van der Waals surface area (Å²) in [6.45, 7) is 5.52. The van der Waals surface area contributed by atoms with Crippen LogP contribution in [0.25, 0.3) is 0 Å². The second kappa shape index (κ2) is 7.37. The van der Waals surface area contributed by atoms with E-state index in [0.717, 1.165) is 13.1 Å². The van der Waals surface area contributed by atoms with E-state index in [0.29, 0.717) is 23.4 Å². The minimum atomic E-state index is -0.718. The fraction of sp³-hybridized carbons (Fsp3) is 0.474. The molecule has 7 heteroatoms. The molecule has 2 N–H and O–H groups in total. The van der Waals surface area contributed by atoms with Gasteiger partial charge in [-0.25, -0.2) is 4.39 Å². The zero-order valence-electron chi connectivity index (χ0n) is 15.1. The number of amides is 1. The van der Waals surface area contributed by atoms with Gasteiger partial charge in [0.1, 0.15) is 11.4 Å². The fourth-order valence-corrected chi connectivity index (χ4v) is 4.04. The van der Waals surface area contributed by atoms with E-state index in [1.807, 2.05) is 26.1 Å². The first kappa shape index (κ1) is 18.9. The molecule has 26 heavy (non-hydrogen) atoms. The SMILES string of the molecule is CC(C)(CNC(=O)C1(n2cccn2)CCNCC1)c1c(F)cccc1Cl. The highest BCUT2D eigenvalue weighted by molar-refractivity contribution is 6.31. The van der Waals surface area contributed by atoms with Crippen LogP contribution in [-0.2, 0) is 15.7 Å². The van der Waals surface area contributed by atoms with Gasteiger partial charge in [-0.15, -0.1) is 0 Å². The van der Waals surface area contributed by atoms with Gasteiger partial charge < -0.3 is 10.6 Å². The first-order chi connectivity index (χ1) is 12.4. The Kier molecular flexibility index (Phi) is 5.34. The minimum Gasteiger partial charge on any atom is -0.353 e. The van der Waals surface area contributed by atoms with E-state index in [2.05, 4.69) is 15.7 Å². The summed E-state index contributed by atoms with van der Waals surface area (Å²) in [5.41, 5.74) is -0.944. The van der Waals surface area contributed by atoms with Crippen LogP contribution in [-0.4, -0.2) is 35.3 Å². The maximum atomic E-state index is 14.3. The second-order valence-corrected chi connectivity index (χ2v) is 7.80. The summed E-state index contributed by atoms with van der Waals surface area (Å²) in [5, 5.41) is 11.0. The van der Waals surface area contributed by atoms with Gasteiger partial charge in [-0.2, -0.15) is 5.10 Å². The molecule has 1 aromatic heterocycles. The molecule has 1 aliphatic heterocycles. The molecule has 2 aromatic rings. The number of piperidine rings is 1. The third kappa shape index (κ3) is 3.48. The van der Waals surface area contributed by atoms with Crippen molar-refractivity contribution in [3.05, 3.63) is 53.1 Å². The molecular weight excluding hydrogens is 355 g/mol. The minimum absolute atomic E-state index is 0.0942. The molecule has 0 aliphatic carbocycles. The molecule has 1 saturated heterocycles. The van der Waals surface area contributed by atoms with Crippen LogP contribution in [0.3, 0.4) is 0 Å². The third-order valence-electron chi connectivity index (χ3n) is 5.13. The van der Waals surface area contributed by atoms with Crippen LogP contribution < -0.4 is 10.6 Å². The summed E-state index contributed by atoms with van der Waals surface area (Å²) in [6, 6.07) is 6.46. The molecule has 0 spiro atoms. The quantitative estimate of drug-likeness (QED) is 0.841. The Bertz CT molecular complexity index is 750. The molecule has 0 atom stereocenters. The predicted molar refractivity (Wildman–Crippen MR) is 99.8 cm³/mol. The van der Waals surface area contributed by atoms with Crippen molar-refractivity contribution in [2.24, 2.45) is 0 Å². The molecule has 3 rings (SSSR count). The molecular formula is C19H24ClFN4O. The van der Waals surface area contributed by atoms with Crippen molar-refractivity contribution in [2.75, 3.05) is 19.6 Å². The summed E-state index contributed by atoms with van der Waals surface area (Å²) in [7, 11) is 0. The van der Waals surface area contributed by atoms with Crippen molar-refractivity contribution in [3.8, 4) is 0 Å². The maximum Gasteiger partial charge on any atom is 0.248 e. The topological polar surface area (TPSA) is 59.0 Å². The van der Waals surface area contributed by atoms with Gasteiger partial charge in [0.25, 0.3) is 0 Å². The van der Waals surface area contributed by atoms with E-state index in [1.165, 1.54) is 6.07 Å². The Balaban J connectivity index is 1.80. The lowest BCUT2D eigenvalue weighted by atomic mass is 9.83. The lowest BCUT2D eigenvalue weighted by Crippen LogP contribution is -2.56. The van der Waals surface area contributed by atoms with E-state index in [4.69, 9.17) is 11.6 Å². The van der Waals surface area contributed by atoms with Crippen LogP contribution in [0.5, 0.6) is 0 Å². The van der Waals surface area contributed by atoms with E-state index < -0.39 is 11.0 Å². The number of rotatable bonds is 5. The molecule has 2 heterocycles. The van der Waals surface area contributed by atoms with Gasteiger partial charge in [-0.05, 0) is 44.1 Å². The smallest absolute Gasteiger partial charge is 0.248 e. The number of nitrogens with zero attached hydrogens (tertiary/aromatic N) is 2. The zero-order chi connectivity index (χ0) is 18.8. The first-order valence-corrected chi connectivity index (χ1v) is 9.18. The van der Waals surface area contributed by atoms with Crippen LogP contribution in [0.15, 0.2) is 36.7 Å². The van der Waals surface area contributed by atoms with Crippen molar-refractivity contribution in [3.63, 3.8) is 0 Å². The van der Waals surface area contributed by atoms with Gasteiger partial charge in [0, 0.05) is 34.9 Å². The molecule has 0 unspecified atom stereocenters. The summed E-state index contributed by atoms with van der Waals surface area (Å²) < 4.78 is 16.0. The number of benzene rings is 1. The highest BCUT2D eigenvalue weighted by atomic mass is 35.5. The van der Waals surface area contributed by atoms with Gasteiger partial charge in [0.05, 0.1) is 0 Å². The van der Waals surface area contributed by atoms with E-state index in [9.17, 15) is 9.18 Å². The van der Waals surface area contributed by atoms with Crippen LogP contribution >= 0.6 is 11.6 Å². The van der Waals surface area contributed by atoms with E-state index in [1.54, 1.807) is 23.0 Å². The fourth-order valence-electron chi connectivity index (χ4n) is 3.62. The molecule has 5 nitrogen and oxygen atoms in total. The predicted octanol–water partition coefficient (Wildman–Crippen LogP) is 2.85. The zero-order valence-corrected chi connectivity index (χ0v) is 15.8. The first-order valence-electron chi connectivity index (χ1n) is 8.80. The molecule has 1 fully saturated rings. The summed E-state index contributed by atoms with van der Waals surface area (Å²) in [6.07, 6.45) is 4.81. The van der Waals surface area contributed by atoms with Crippen LogP contribution in [0, 0.1) is 5.82 Å². The number of aromatic nitrogens is 2. The molecule has 140 valence electrons. The van der Waals surface area contributed by atoms with Gasteiger partial charge in [0.2, 0.25) is 5.91 Å². The van der Waals surface area contributed by atoms with Crippen LogP contribution in [0.4, 0.5) is 4.39 Å². The highest BCUT2D eigenvalue weighted by Gasteiger charge is 2.42. The van der Waals surface area contributed by atoms with Crippen molar-refractivity contribution in [1.29, 1.82) is 0 Å². The van der Waals surface area contributed by atoms with Gasteiger partial charge >= 0.3 is 0 Å². The number of nitrogens with one attached hydrogen (secondary N) is 2. The third-order valence-corrected chi connectivity index (χ3v) is 5.44. The largest absolute Gasteiger partial charge is 0.353 e. The van der Waals surface area contributed by atoms with E-state index in [-0.39, 0.29) is 18.3 Å². The summed E-state index contributed by atoms with van der Waals surface area (Å²) in [5.74, 6) is -0.455. The lowest BCUT2D eigenvalue weighted by Gasteiger charge is -2.37. The maximum absolute atomic E-state index is 14.3. The summed E-state index contributed by atoms with van der Waals surface area (Å²) in [4.78, 5) is 13.1. The van der Waals surface area contributed by atoms with Crippen molar-refractivity contribution >= 4 is 17.5 Å². The van der Waals surface area contributed by atoms with Crippen molar-refractivity contribution < 1.29 is 9.18 Å². The monoisotopic (exact) mass is 378 g/mol. The molecule has 0 bridgehead atoms. The van der Waals surface area contributed by atoms with Gasteiger partial charge in [0.15, 0.2) is 0 Å². The second-order valence-electron chi connectivity index (χ2n) is 7.40. The molecule has 1 amide bonds. The molecule has 0 radical (unpaired) electrons. The Hall–Kier alpha value is -1.92. The Morgan fingerprint density at radius 2 is 2.12 bits per heavy atom. The van der Waals surface area contributed by atoms with Gasteiger partial charge in [-0.1, -0.05) is 31.5 Å². The van der Waals surface area contributed by atoms with Crippen LogP contribution in [0.2, 0.25) is 5.02 Å². The van der Waals surface area contributed by atoms with Crippen molar-refractivity contribution in [1.82, 2.24) is 20.4 Å². The Morgan fingerprint density at radius 1 is 1.38 bits per heavy atom. The Labute approximate surface area is 157 Å². The number of carbonyl (C=O) groups is 1. The number of carbonyl (C=O) groups excluding carboxylic acids is 1. The summed E-state index contributed by atoms with van der Waals surface area (Å²) >= 11 is 6.21. The number of hydrogen-bond acceptors (Lipinski definition) is 3. The van der Waals surface area contributed by atoms with E-state index >= 15 is 0 Å². The average molecular weight is 379 g/mol.